The van der Waals surface area contributed by atoms with Crippen molar-refractivity contribution in [3.63, 3.8) is 0 Å². The van der Waals surface area contributed by atoms with E-state index >= 15 is 0 Å². The van der Waals surface area contributed by atoms with Crippen LogP contribution in [0.5, 0.6) is 0 Å². The molecule has 15 heavy (non-hydrogen) atoms. The molecule has 1 fully saturated rings. The van der Waals surface area contributed by atoms with Crippen molar-refractivity contribution >= 4 is 6.08 Å². The Labute approximate surface area is 92.5 Å². The van der Waals surface area contributed by atoms with Gasteiger partial charge in [-0.05, 0) is 51.9 Å². The van der Waals surface area contributed by atoms with Crippen LogP contribution in [0.4, 0.5) is 0 Å². The van der Waals surface area contributed by atoms with Gasteiger partial charge in [0.25, 0.3) is 0 Å². The third kappa shape index (κ3) is 3.04. The first-order valence-corrected chi connectivity index (χ1v) is 5.72. The number of carbonyl (C=O) groups excluding carboxylic acids is 1. The fraction of sp³-hybridized carbons (Fsp3) is 0.769. The van der Waals surface area contributed by atoms with Crippen molar-refractivity contribution in [2.75, 3.05) is 0 Å². The molecule has 0 heterocycles. The normalized spacial score (nSPS) is 26.9. The first-order valence-electron chi connectivity index (χ1n) is 5.72. The molecule has 1 aliphatic rings. The Morgan fingerprint density at radius 3 is 2.67 bits per heavy atom. The molecule has 2 nitrogen and oxygen atoms in total. The van der Waals surface area contributed by atoms with E-state index < -0.39 is 0 Å². The van der Waals surface area contributed by atoms with Gasteiger partial charge in [-0.25, -0.2) is 4.79 Å². The quantitative estimate of drug-likeness (QED) is 0.396. The van der Waals surface area contributed by atoms with E-state index in [0.29, 0.717) is 11.8 Å². The van der Waals surface area contributed by atoms with Gasteiger partial charge >= 0.3 is 0 Å². The minimum absolute atomic E-state index is 0.254. The van der Waals surface area contributed by atoms with Gasteiger partial charge in [0, 0.05) is 0 Å². The topological polar surface area (TPSA) is 29.4 Å². The fourth-order valence-corrected chi connectivity index (χ4v) is 2.49. The average molecular weight is 207 g/mol. The molecule has 0 N–H and O–H groups in total. The Morgan fingerprint density at radius 2 is 2.13 bits per heavy atom. The van der Waals surface area contributed by atoms with Crippen LogP contribution in [0, 0.1) is 11.8 Å². The third-order valence-electron chi connectivity index (χ3n) is 3.70. The van der Waals surface area contributed by atoms with Crippen LogP contribution in [-0.2, 0) is 4.79 Å². The first kappa shape index (κ1) is 12.2. The van der Waals surface area contributed by atoms with E-state index in [2.05, 4.69) is 18.5 Å². The predicted molar refractivity (Wildman–Crippen MR) is 62.5 cm³/mol. The van der Waals surface area contributed by atoms with Gasteiger partial charge in [0.15, 0.2) is 0 Å². The van der Waals surface area contributed by atoms with Crippen LogP contribution >= 0.6 is 0 Å². The minimum atomic E-state index is -0.254. The van der Waals surface area contributed by atoms with Gasteiger partial charge < -0.3 is 0 Å². The van der Waals surface area contributed by atoms with Gasteiger partial charge in [-0.3, -0.25) is 0 Å². The summed E-state index contributed by atoms with van der Waals surface area (Å²) in [6.45, 7) is 10.2. The van der Waals surface area contributed by atoms with E-state index in [-0.39, 0.29) is 5.54 Å². The smallest absolute Gasteiger partial charge is 0.211 e. The van der Waals surface area contributed by atoms with Crippen LogP contribution in [0.3, 0.4) is 0 Å². The number of allylic oxidation sites excluding steroid dienone is 1. The van der Waals surface area contributed by atoms with Crippen molar-refractivity contribution in [2.24, 2.45) is 16.8 Å². The second-order valence-corrected chi connectivity index (χ2v) is 5.26. The molecule has 1 saturated carbocycles. The van der Waals surface area contributed by atoms with Crippen molar-refractivity contribution in [2.45, 2.75) is 52.0 Å². The predicted octanol–water partition coefficient (Wildman–Crippen LogP) is 3.48. The van der Waals surface area contributed by atoms with E-state index in [4.69, 9.17) is 0 Å². The van der Waals surface area contributed by atoms with Gasteiger partial charge in [-0.2, -0.15) is 4.99 Å². The monoisotopic (exact) mass is 207 g/mol. The molecule has 0 aliphatic heterocycles. The van der Waals surface area contributed by atoms with E-state index in [1.807, 2.05) is 13.8 Å². The molecule has 0 radical (unpaired) electrons. The number of aliphatic imine (C=N–C) groups is 1. The summed E-state index contributed by atoms with van der Waals surface area (Å²) in [5, 5.41) is 0. The zero-order chi connectivity index (χ0) is 11.5. The fourth-order valence-electron chi connectivity index (χ4n) is 2.49. The van der Waals surface area contributed by atoms with Crippen LogP contribution < -0.4 is 0 Å². The third-order valence-corrected chi connectivity index (χ3v) is 3.70. The van der Waals surface area contributed by atoms with Gasteiger partial charge in [-0.15, -0.1) is 0 Å². The Balaban J connectivity index is 2.71. The summed E-state index contributed by atoms with van der Waals surface area (Å²) in [6.07, 6.45) is 6.45. The molecule has 0 aromatic rings. The van der Waals surface area contributed by atoms with Crippen molar-refractivity contribution < 1.29 is 4.79 Å². The van der Waals surface area contributed by atoms with Gasteiger partial charge in [0.1, 0.15) is 0 Å². The zero-order valence-corrected chi connectivity index (χ0v) is 10.0. The van der Waals surface area contributed by atoms with Crippen molar-refractivity contribution in [3.05, 3.63) is 12.2 Å². The largest absolute Gasteiger partial charge is 0.235 e. The minimum Gasteiger partial charge on any atom is -0.211 e. The molecule has 0 bridgehead atoms. The summed E-state index contributed by atoms with van der Waals surface area (Å²) in [5.41, 5.74) is 1.01. The van der Waals surface area contributed by atoms with Crippen molar-refractivity contribution in [1.29, 1.82) is 0 Å². The molecular formula is C13H21NO. The Morgan fingerprint density at radius 1 is 1.47 bits per heavy atom. The maximum atomic E-state index is 10.4. The lowest BCUT2D eigenvalue weighted by Gasteiger charge is -2.36. The van der Waals surface area contributed by atoms with Crippen LogP contribution in [0.1, 0.15) is 46.5 Å². The second kappa shape index (κ2) is 4.76. The Hall–Kier alpha value is -0.880. The highest BCUT2D eigenvalue weighted by Crippen LogP contribution is 2.39. The van der Waals surface area contributed by atoms with Crippen LogP contribution in [0.15, 0.2) is 17.1 Å². The summed E-state index contributed by atoms with van der Waals surface area (Å²) in [5.74, 6) is 1.11. The van der Waals surface area contributed by atoms with Crippen molar-refractivity contribution in [1.82, 2.24) is 0 Å². The maximum absolute atomic E-state index is 10.4. The molecule has 2 unspecified atom stereocenters. The van der Waals surface area contributed by atoms with E-state index in [1.54, 1.807) is 6.08 Å². The number of rotatable bonds is 3. The Kier molecular flexibility index (Phi) is 3.87. The average Bonchev–Trinajstić information content (AvgIpc) is 2.18. The molecule has 0 spiro atoms. The number of hydrogen-bond donors (Lipinski definition) is 0. The first-order chi connectivity index (χ1) is 6.97. The molecule has 0 aromatic carbocycles. The summed E-state index contributed by atoms with van der Waals surface area (Å²) in [7, 11) is 0. The van der Waals surface area contributed by atoms with E-state index in [0.717, 1.165) is 6.42 Å². The lowest BCUT2D eigenvalue weighted by Crippen LogP contribution is -2.33. The lowest BCUT2D eigenvalue weighted by molar-refractivity contribution is 0.206. The lowest BCUT2D eigenvalue weighted by atomic mass is 9.71. The molecule has 0 aromatic heterocycles. The van der Waals surface area contributed by atoms with Gasteiger partial charge in [0.05, 0.1) is 5.54 Å². The Bertz CT molecular complexity index is 287. The SMILES string of the molecule is C=C(C)C1CCCC(C(C)(C)N=C=O)C1. The molecule has 1 rings (SSSR count). The highest BCUT2D eigenvalue weighted by molar-refractivity contribution is 5.34. The van der Waals surface area contributed by atoms with Gasteiger partial charge in [-0.1, -0.05) is 18.6 Å². The zero-order valence-electron chi connectivity index (χ0n) is 10.0. The van der Waals surface area contributed by atoms with Crippen molar-refractivity contribution in [3.8, 4) is 0 Å². The summed E-state index contributed by atoms with van der Waals surface area (Å²) in [6, 6.07) is 0. The van der Waals surface area contributed by atoms with Crippen LogP contribution in [0.25, 0.3) is 0 Å². The van der Waals surface area contributed by atoms with Crippen LogP contribution in [0.2, 0.25) is 0 Å². The van der Waals surface area contributed by atoms with Gasteiger partial charge in [0.2, 0.25) is 6.08 Å². The molecule has 2 atom stereocenters. The summed E-state index contributed by atoms with van der Waals surface area (Å²) in [4.78, 5) is 14.3. The highest BCUT2D eigenvalue weighted by atomic mass is 16.1. The summed E-state index contributed by atoms with van der Waals surface area (Å²) < 4.78 is 0. The van der Waals surface area contributed by atoms with E-state index in [1.165, 1.54) is 24.8 Å². The molecule has 1 aliphatic carbocycles. The second-order valence-electron chi connectivity index (χ2n) is 5.26. The standard InChI is InChI=1S/C13H21NO/c1-10(2)11-6-5-7-12(8-11)13(3,4)14-9-15/h11-12H,1,5-8H2,2-4H3. The molecule has 0 saturated heterocycles. The molecule has 0 amide bonds. The molecule has 2 heteroatoms. The highest BCUT2D eigenvalue weighted by Gasteiger charge is 2.33. The van der Waals surface area contributed by atoms with Crippen LogP contribution in [-0.4, -0.2) is 11.6 Å². The number of hydrogen-bond acceptors (Lipinski definition) is 2. The molecular weight excluding hydrogens is 186 g/mol. The maximum Gasteiger partial charge on any atom is 0.235 e. The number of nitrogens with zero attached hydrogens (tertiary/aromatic N) is 1. The molecule has 84 valence electrons. The number of isocyanates is 1. The van der Waals surface area contributed by atoms with E-state index in [9.17, 15) is 4.79 Å². The summed E-state index contributed by atoms with van der Waals surface area (Å²) >= 11 is 0.